The molecule has 0 fully saturated rings. The minimum atomic E-state index is 0.0773. The van der Waals surface area contributed by atoms with Gasteiger partial charge in [0.25, 0.3) is 0 Å². The highest BCUT2D eigenvalue weighted by Crippen LogP contribution is 2.19. The summed E-state index contributed by atoms with van der Waals surface area (Å²) < 4.78 is 5.34. The largest absolute Gasteiger partial charge is 0.382 e. The topological polar surface area (TPSA) is 41.9 Å². The van der Waals surface area contributed by atoms with E-state index in [1.165, 1.54) is 0 Å². The van der Waals surface area contributed by atoms with Gasteiger partial charge in [-0.05, 0) is 18.9 Å². The molecular formula is C19H26N2O2. The van der Waals surface area contributed by atoms with Crippen molar-refractivity contribution in [2.45, 2.75) is 39.3 Å². The molecule has 0 saturated carbocycles. The molecule has 0 N–H and O–H groups in total. The average molecular weight is 314 g/mol. The number of methoxy groups -OCH3 is 1. The van der Waals surface area contributed by atoms with E-state index in [1.807, 2.05) is 24.4 Å². The maximum Gasteiger partial charge on any atom is 0.159 e. The van der Waals surface area contributed by atoms with Gasteiger partial charge in [-0.15, -0.1) is 0 Å². The minimum Gasteiger partial charge on any atom is -0.382 e. The van der Waals surface area contributed by atoms with Gasteiger partial charge < -0.3 is 9.64 Å². The Morgan fingerprint density at radius 2 is 2.04 bits per heavy atom. The Balaban J connectivity index is 2.43. The number of carbonyl (C=O) groups excluding carboxylic acids is 1. The van der Waals surface area contributed by atoms with Crippen molar-refractivity contribution in [2.75, 3.05) is 13.7 Å². The van der Waals surface area contributed by atoms with Crippen LogP contribution >= 0.6 is 0 Å². The number of amidine groups is 1. The summed E-state index contributed by atoms with van der Waals surface area (Å²) in [4.78, 5) is 18.7. The number of benzene rings is 1. The molecule has 0 radical (unpaired) electrons. The lowest BCUT2D eigenvalue weighted by molar-refractivity contribution is -0.115. The SMILES string of the molecule is COC[C@@H](N=C(c1ccccc1)N1C=CC(=O)C[C@H]1C)C(C)C. The van der Waals surface area contributed by atoms with Crippen molar-refractivity contribution in [3.8, 4) is 0 Å². The molecular weight excluding hydrogens is 288 g/mol. The fourth-order valence-electron chi connectivity index (χ4n) is 2.63. The van der Waals surface area contributed by atoms with Crippen LogP contribution in [0.3, 0.4) is 0 Å². The van der Waals surface area contributed by atoms with Crippen LogP contribution in [0.15, 0.2) is 47.6 Å². The lowest BCUT2D eigenvalue weighted by Crippen LogP contribution is -2.40. The minimum absolute atomic E-state index is 0.0773. The predicted molar refractivity (Wildman–Crippen MR) is 93.5 cm³/mol. The van der Waals surface area contributed by atoms with E-state index < -0.39 is 0 Å². The molecule has 124 valence electrons. The quantitative estimate of drug-likeness (QED) is 0.619. The molecule has 1 heterocycles. The molecule has 1 aromatic rings. The number of aliphatic imine (C=N–C) groups is 1. The lowest BCUT2D eigenvalue weighted by atomic mass is 10.0. The first-order valence-electron chi connectivity index (χ1n) is 8.14. The van der Waals surface area contributed by atoms with E-state index in [1.54, 1.807) is 13.2 Å². The van der Waals surface area contributed by atoms with Gasteiger partial charge in [-0.1, -0.05) is 44.2 Å². The summed E-state index contributed by atoms with van der Waals surface area (Å²) in [5, 5.41) is 0. The Hall–Kier alpha value is -1.94. The summed E-state index contributed by atoms with van der Waals surface area (Å²) in [6, 6.07) is 10.3. The lowest BCUT2D eigenvalue weighted by Gasteiger charge is -2.32. The first kappa shape index (κ1) is 17.4. The van der Waals surface area contributed by atoms with Crippen molar-refractivity contribution in [1.29, 1.82) is 0 Å². The van der Waals surface area contributed by atoms with Crippen LogP contribution in [0.4, 0.5) is 0 Å². The molecule has 0 spiro atoms. The van der Waals surface area contributed by atoms with Gasteiger partial charge >= 0.3 is 0 Å². The van der Waals surface area contributed by atoms with Crippen molar-refractivity contribution in [1.82, 2.24) is 4.90 Å². The first-order valence-corrected chi connectivity index (χ1v) is 8.14. The molecule has 0 saturated heterocycles. The Labute approximate surface area is 138 Å². The van der Waals surface area contributed by atoms with Crippen molar-refractivity contribution in [3.63, 3.8) is 0 Å². The normalized spacial score (nSPS) is 20.2. The monoisotopic (exact) mass is 314 g/mol. The van der Waals surface area contributed by atoms with Crippen LogP contribution in [0.25, 0.3) is 0 Å². The van der Waals surface area contributed by atoms with Crippen molar-refractivity contribution < 1.29 is 9.53 Å². The van der Waals surface area contributed by atoms with Gasteiger partial charge in [0.15, 0.2) is 5.78 Å². The van der Waals surface area contributed by atoms with E-state index in [4.69, 9.17) is 9.73 Å². The zero-order valence-electron chi connectivity index (χ0n) is 14.4. The van der Waals surface area contributed by atoms with Crippen molar-refractivity contribution in [3.05, 3.63) is 48.2 Å². The second-order valence-electron chi connectivity index (χ2n) is 6.33. The Morgan fingerprint density at radius 3 is 2.61 bits per heavy atom. The maximum absolute atomic E-state index is 11.6. The van der Waals surface area contributed by atoms with E-state index in [0.717, 1.165) is 11.4 Å². The van der Waals surface area contributed by atoms with E-state index in [-0.39, 0.29) is 17.9 Å². The second-order valence-corrected chi connectivity index (χ2v) is 6.33. The molecule has 1 aliphatic rings. The van der Waals surface area contributed by atoms with Crippen LogP contribution < -0.4 is 0 Å². The van der Waals surface area contributed by atoms with E-state index in [0.29, 0.717) is 18.9 Å². The molecule has 0 amide bonds. The maximum atomic E-state index is 11.6. The van der Waals surface area contributed by atoms with Gasteiger partial charge in [0.05, 0.1) is 12.6 Å². The predicted octanol–water partition coefficient (Wildman–Crippen LogP) is 3.28. The number of ether oxygens (including phenoxy) is 1. The highest BCUT2D eigenvalue weighted by atomic mass is 16.5. The number of rotatable bonds is 5. The molecule has 1 aliphatic heterocycles. The van der Waals surface area contributed by atoms with E-state index >= 15 is 0 Å². The molecule has 4 nitrogen and oxygen atoms in total. The number of ketones is 1. The summed E-state index contributed by atoms with van der Waals surface area (Å²) in [5.41, 5.74) is 1.06. The van der Waals surface area contributed by atoms with Crippen molar-refractivity contribution in [2.24, 2.45) is 10.9 Å². The summed E-state index contributed by atoms with van der Waals surface area (Å²) >= 11 is 0. The number of hydrogen-bond donors (Lipinski definition) is 0. The highest BCUT2D eigenvalue weighted by Gasteiger charge is 2.24. The third-order valence-electron chi connectivity index (χ3n) is 4.06. The molecule has 23 heavy (non-hydrogen) atoms. The fourth-order valence-corrected chi connectivity index (χ4v) is 2.63. The van der Waals surface area contributed by atoms with Gasteiger partial charge in [0.1, 0.15) is 5.84 Å². The third kappa shape index (κ3) is 4.52. The zero-order chi connectivity index (χ0) is 16.8. The van der Waals surface area contributed by atoms with E-state index in [2.05, 4.69) is 37.8 Å². The molecule has 1 aromatic carbocycles. The van der Waals surface area contributed by atoms with Crippen molar-refractivity contribution >= 4 is 11.6 Å². The Morgan fingerprint density at radius 1 is 1.35 bits per heavy atom. The number of nitrogens with zero attached hydrogens (tertiary/aromatic N) is 2. The summed E-state index contributed by atoms with van der Waals surface area (Å²) in [7, 11) is 1.70. The summed E-state index contributed by atoms with van der Waals surface area (Å²) in [6.07, 6.45) is 4.00. The van der Waals surface area contributed by atoms with Crippen LogP contribution in [0.5, 0.6) is 0 Å². The summed E-state index contributed by atoms with van der Waals surface area (Å²) in [6.45, 7) is 6.93. The highest BCUT2D eigenvalue weighted by molar-refractivity contribution is 6.01. The van der Waals surface area contributed by atoms with Gasteiger partial charge in [0, 0.05) is 31.3 Å². The van der Waals surface area contributed by atoms with E-state index in [9.17, 15) is 4.79 Å². The van der Waals surface area contributed by atoms with Crippen LogP contribution in [0.2, 0.25) is 0 Å². The van der Waals surface area contributed by atoms with Gasteiger partial charge in [-0.3, -0.25) is 9.79 Å². The van der Waals surface area contributed by atoms with Gasteiger partial charge in [-0.25, -0.2) is 0 Å². The zero-order valence-corrected chi connectivity index (χ0v) is 14.4. The smallest absolute Gasteiger partial charge is 0.159 e. The standard InChI is InChI=1S/C19H26N2O2/c1-14(2)18(13-23-4)20-19(16-8-6-5-7-9-16)21-11-10-17(22)12-15(21)3/h5-11,14-15,18H,12-13H2,1-4H3/t15-,18-/m1/s1. The Bertz CT molecular complexity index is 578. The molecule has 4 heteroatoms. The third-order valence-corrected chi connectivity index (χ3v) is 4.06. The van der Waals surface area contributed by atoms with Crippen LogP contribution in [0.1, 0.15) is 32.8 Å². The molecule has 2 atom stereocenters. The molecule has 0 unspecified atom stereocenters. The second kappa shape index (κ2) is 8.06. The van der Waals surface area contributed by atoms with Gasteiger partial charge in [-0.2, -0.15) is 0 Å². The Kier molecular flexibility index (Phi) is 6.11. The first-order chi connectivity index (χ1) is 11.0. The average Bonchev–Trinajstić information content (AvgIpc) is 2.53. The van der Waals surface area contributed by atoms with Crippen LogP contribution in [0, 0.1) is 5.92 Å². The molecule has 0 aromatic heterocycles. The summed E-state index contributed by atoms with van der Waals surface area (Å²) in [5.74, 6) is 1.44. The number of allylic oxidation sites excluding steroid dienone is 1. The van der Waals surface area contributed by atoms with Crippen LogP contribution in [-0.4, -0.2) is 42.3 Å². The molecule has 2 rings (SSSR count). The van der Waals surface area contributed by atoms with Gasteiger partial charge in [0.2, 0.25) is 0 Å². The number of hydrogen-bond acceptors (Lipinski definition) is 3. The molecule has 0 bridgehead atoms. The molecule has 0 aliphatic carbocycles. The fraction of sp³-hybridized carbons (Fsp3) is 0.474. The number of carbonyl (C=O) groups is 1. The van der Waals surface area contributed by atoms with Crippen LogP contribution in [-0.2, 0) is 9.53 Å².